The molecular formula is C48H47Cl2N5O11P2. The Kier molecular flexibility index (Phi) is 15.6. The van der Waals surface area contributed by atoms with E-state index in [0.717, 1.165) is 21.9 Å². The van der Waals surface area contributed by atoms with E-state index in [1.54, 1.807) is 58.4 Å². The quantitative estimate of drug-likeness (QED) is 0.0182. The fourth-order valence-electron chi connectivity index (χ4n) is 9.14. The molecule has 5 N–H and O–H groups in total. The molecule has 8 rings (SSSR count). The van der Waals surface area contributed by atoms with E-state index < -0.39 is 17.2 Å². The Hall–Kier alpha value is -5.67. The van der Waals surface area contributed by atoms with Gasteiger partial charge in [-0.25, -0.2) is 0 Å². The Labute approximate surface area is 403 Å². The van der Waals surface area contributed by atoms with Crippen molar-refractivity contribution < 1.29 is 52.6 Å². The topological polar surface area (TPSA) is 211 Å². The number of unbranched alkanes of at least 4 members (excludes halogenated alkanes) is 2. The van der Waals surface area contributed by atoms with Crippen molar-refractivity contribution in [2.45, 2.75) is 44.1 Å². The van der Waals surface area contributed by atoms with E-state index in [0.29, 0.717) is 52.8 Å². The van der Waals surface area contributed by atoms with Gasteiger partial charge in [-0.1, -0.05) is 55.0 Å². The fourth-order valence-corrected chi connectivity index (χ4v) is 10.3. The minimum atomic E-state index is -2.75. The van der Waals surface area contributed by atoms with Crippen LogP contribution in [-0.4, -0.2) is 96.5 Å². The van der Waals surface area contributed by atoms with Crippen LogP contribution in [0.25, 0.3) is 33.7 Å². The number of hydrogen-bond acceptors (Lipinski definition) is 11. The predicted molar refractivity (Wildman–Crippen MR) is 263 cm³/mol. The van der Waals surface area contributed by atoms with E-state index >= 15 is 0 Å². The Bertz CT molecular complexity index is 2700. The van der Waals surface area contributed by atoms with Gasteiger partial charge in [-0.15, -0.1) is 23.2 Å². The molecule has 1 aromatic heterocycles. The summed E-state index contributed by atoms with van der Waals surface area (Å²) in [6, 6.07) is 21.5. The summed E-state index contributed by atoms with van der Waals surface area (Å²) in [6.07, 6.45) is 10.6. The monoisotopic (exact) mass is 1000 g/mol. The summed E-state index contributed by atoms with van der Waals surface area (Å²) in [6.45, 7) is 1.28. The van der Waals surface area contributed by atoms with Crippen molar-refractivity contribution >= 4 is 115 Å². The number of carbonyl (C=O) groups is 5. The summed E-state index contributed by atoms with van der Waals surface area (Å²) in [5, 5.41) is 5.80. The molecule has 68 heavy (non-hydrogen) atoms. The van der Waals surface area contributed by atoms with E-state index in [1.165, 1.54) is 29.2 Å². The van der Waals surface area contributed by atoms with E-state index in [4.69, 9.17) is 32.2 Å². The molecule has 5 amide bonds. The van der Waals surface area contributed by atoms with Gasteiger partial charge in [0, 0.05) is 121 Å². The molecule has 0 bridgehead atoms. The zero-order chi connectivity index (χ0) is 48.1. The average Bonchev–Trinajstić information content (AvgIpc) is 4.09. The van der Waals surface area contributed by atoms with E-state index in [2.05, 4.69) is 5.32 Å². The fraction of sp³-hybridized carbons (Fsp3) is 0.271. The van der Waals surface area contributed by atoms with Crippen molar-refractivity contribution in [3.63, 3.8) is 0 Å². The van der Waals surface area contributed by atoms with Crippen LogP contribution in [0.15, 0.2) is 97.1 Å². The molecule has 0 saturated carbocycles. The number of amides is 5. The zero-order valence-electron chi connectivity index (χ0n) is 36.4. The van der Waals surface area contributed by atoms with Crippen LogP contribution >= 0.6 is 40.4 Å². The minimum Gasteiger partial charge on any atom is -0.426 e. The molecule has 5 aromatic rings. The third kappa shape index (κ3) is 10.5. The third-order valence-corrected chi connectivity index (χ3v) is 13.7. The van der Waals surface area contributed by atoms with Gasteiger partial charge in [-0.2, -0.15) is 0 Å². The van der Waals surface area contributed by atoms with Crippen LogP contribution in [0.5, 0.6) is 11.5 Å². The number of carbonyl (C=O) groups excluding carboxylic acids is 5. The van der Waals surface area contributed by atoms with Crippen LogP contribution in [0.4, 0.5) is 11.4 Å². The maximum Gasteiger partial charge on any atom is 0.391 e. The SMILES string of the molecule is O=C(CCCCCN1C(=O)C=CC1=O)NCCn1c(/C=C/C(=O)N2C[C@@H](CCl)c3c2cc(OP(O)O)c2ccccc32)ccc1/C=C/C(=O)N1C[C@@H](CCl)c2c1cc(OP(O)O)c1ccccc21. The standard InChI is InChI=1S/C48H47Cl2N5O11P2/c49-26-30-28-54(38-24-40(65-67(61)62)34-8-3-5-10-36(34)47(30)38)45(59)17-15-32-13-14-33(52(32)23-21-51-42(56)12-2-1-7-22-53-43(57)19-20-44(53)58)16-18-46(60)55-29-31(27-50)48-37-11-6-4-9-35(37)41(25-39(48)55)66-68(63)64/h3-6,8-11,13-20,24-25,30-31,61-64H,1-2,7,12,21-23,26-29H2,(H,51,56)/b17-15+,18-16+/t30-,31-/m1/s1. The van der Waals surface area contributed by atoms with Gasteiger partial charge < -0.3 is 48.3 Å². The molecule has 0 unspecified atom stereocenters. The van der Waals surface area contributed by atoms with Crippen LogP contribution in [0.3, 0.4) is 0 Å². The van der Waals surface area contributed by atoms with Crippen molar-refractivity contribution in [3.8, 4) is 11.5 Å². The summed E-state index contributed by atoms with van der Waals surface area (Å²) >= 11 is 12.9. The zero-order valence-corrected chi connectivity index (χ0v) is 39.7. The second-order valence-electron chi connectivity index (χ2n) is 16.3. The number of alkyl halides is 2. The number of anilines is 2. The lowest BCUT2D eigenvalue weighted by Crippen LogP contribution is -2.31. The van der Waals surface area contributed by atoms with Crippen LogP contribution in [0.2, 0.25) is 0 Å². The largest absolute Gasteiger partial charge is 0.426 e. The van der Waals surface area contributed by atoms with Gasteiger partial charge in [0.1, 0.15) is 11.5 Å². The molecule has 4 heterocycles. The smallest absolute Gasteiger partial charge is 0.391 e. The Morgan fingerprint density at radius 2 is 1.13 bits per heavy atom. The first kappa shape index (κ1) is 48.8. The van der Waals surface area contributed by atoms with Crippen LogP contribution in [-0.2, 0) is 30.5 Å². The van der Waals surface area contributed by atoms with Crippen molar-refractivity contribution in [2.24, 2.45) is 0 Å². The van der Waals surface area contributed by atoms with Gasteiger partial charge in [0.05, 0.1) is 11.4 Å². The molecule has 0 spiro atoms. The number of nitrogens with one attached hydrogen (secondary N) is 1. The molecule has 16 nitrogen and oxygen atoms in total. The normalized spacial score (nSPS) is 16.7. The number of hydrogen-bond donors (Lipinski definition) is 5. The molecular weight excluding hydrogens is 955 g/mol. The lowest BCUT2D eigenvalue weighted by Gasteiger charge is -2.18. The first-order chi connectivity index (χ1) is 32.9. The summed E-state index contributed by atoms with van der Waals surface area (Å²) in [5.74, 6) is -1.15. The number of nitrogens with zero attached hydrogens (tertiary/aromatic N) is 4. The molecule has 0 aliphatic carbocycles. The molecule has 3 aliphatic rings. The van der Waals surface area contributed by atoms with Crippen LogP contribution in [0.1, 0.15) is 60.0 Å². The number of benzene rings is 4. The molecule has 0 saturated heterocycles. The first-order valence-corrected chi connectivity index (χ1v) is 25.2. The highest BCUT2D eigenvalue weighted by atomic mass is 35.5. The maximum atomic E-state index is 14.1. The van der Waals surface area contributed by atoms with Gasteiger partial charge in [0.25, 0.3) is 23.6 Å². The molecule has 0 radical (unpaired) electrons. The summed E-state index contributed by atoms with van der Waals surface area (Å²) in [7, 11) is -5.49. The summed E-state index contributed by atoms with van der Waals surface area (Å²) < 4.78 is 12.7. The molecule has 3 aliphatic heterocycles. The van der Waals surface area contributed by atoms with Gasteiger partial charge in [0.15, 0.2) is 0 Å². The maximum absolute atomic E-state index is 14.1. The van der Waals surface area contributed by atoms with Crippen molar-refractivity contribution in [1.82, 2.24) is 14.8 Å². The number of imide groups is 1. The molecule has 354 valence electrons. The number of rotatable bonds is 19. The Balaban J connectivity index is 1.03. The van der Waals surface area contributed by atoms with E-state index in [-0.39, 0.29) is 104 Å². The Morgan fingerprint density at radius 1 is 0.662 bits per heavy atom. The highest BCUT2D eigenvalue weighted by Gasteiger charge is 2.36. The lowest BCUT2D eigenvalue weighted by molar-refractivity contribution is -0.137. The summed E-state index contributed by atoms with van der Waals surface area (Å²) in [5.41, 5.74) is 3.94. The number of halogens is 2. The second kappa shape index (κ2) is 21.7. The van der Waals surface area contributed by atoms with Gasteiger partial charge in [-0.3, -0.25) is 28.9 Å². The average molecular weight is 1000 g/mol. The highest BCUT2D eigenvalue weighted by Crippen LogP contribution is 2.49. The Morgan fingerprint density at radius 3 is 1.59 bits per heavy atom. The highest BCUT2D eigenvalue weighted by molar-refractivity contribution is 7.40. The third-order valence-electron chi connectivity index (χ3n) is 12.2. The van der Waals surface area contributed by atoms with Crippen molar-refractivity contribution in [3.05, 3.63) is 120 Å². The van der Waals surface area contributed by atoms with Gasteiger partial charge in [-0.05, 0) is 59.0 Å². The second-order valence-corrected chi connectivity index (χ2v) is 18.3. The van der Waals surface area contributed by atoms with Gasteiger partial charge >= 0.3 is 17.2 Å². The van der Waals surface area contributed by atoms with Crippen LogP contribution < -0.4 is 24.2 Å². The molecule has 0 fully saturated rings. The predicted octanol–water partition coefficient (Wildman–Crippen LogP) is 7.34. The lowest BCUT2D eigenvalue weighted by atomic mass is 9.95. The van der Waals surface area contributed by atoms with Crippen molar-refractivity contribution in [1.29, 1.82) is 0 Å². The first-order valence-electron chi connectivity index (χ1n) is 21.8. The van der Waals surface area contributed by atoms with E-state index in [1.807, 2.05) is 41.0 Å². The number of fused-ring (bicyclic) bond motifs is 6. The summed E-state index contributed by atoms with van der Waals surface area (Å²) in [4.78, 5) is 108. The number of aromatic nitrogens is 1. The van der Waals surface area contributed by atoms with Crippen LogP contribution in [0, 0.1) is 0 Å². The molecule has 2 atom stereocenters. The van der Waals surface area contributed by atoms with Gasteiger partial charge in [0.2, 0.25) is 5.91 Å². The van der Waals surface area contributed by atoms with Crippen molar-refractivity contribution in [2.75, 3.05) is 47.7 Å². The molecule has 20 heteroatoms. The van der Waals surface area contributed by atoms with E-state index in [9.17, 15) is 43.5 Å². The molecule has 4 aromatic carbocycles. The minimum absolute atomic E-state index is 0.188.